The molecule has 0 bridgehead atoms. The van der Waals surface area contributed by atoms with Crippen LogP contribution in [0.5, 0.6) is 0 Å². The number of ether oxygens (including phenoxy) is 1. The molecule has 6 nitrogen and oxygen atoms in total. The second kappa shape index (κ2) is 5.41. The second-order valence-electron chi connectivity index (χ2n) is 4.27. The van der Waals surface area contributed by atoms with Crippen LogP contribution >= 0.6 is 0 Å². The number of nitrogens with one attached hydrogen (secondary N) is 1. The van der Waals surface area contributed by atoms with Crippen molar-refractivity contribution in [2.24, 2.45) is 0 Å². The molecule has 0 aliphatic carbocycles. The summed E-state index contributed by atoms with van der Waals surface area (Å²) in [6.45, 7) is 2.32. The van der Waals surface area contributed by atoms with Gasteiger partial charge in [-0.2, -0.15) is 4.98 Å². The average molecular weight is 264 g/mol. The van der Waals surface area contributed by atoms with E-state index in [9.17, 15) is 4.39 Å². The standard InChI is InChI=1S/C12H13FN4O2/c13-8-1-2-10(15-6-8)12-16-11(19-17-12)5-9-7-14-3-4-18-9/h1-2,6,9,14H,3-5,7H2. The Morgan fingerprint density at radius 2 is 2.37 bits per heavy atom. The summed E-state index contributed by atoms with van der Waals surface area (Å²) in [5.41, 5.74) is 0.485. The summed E-state index contributed by atoms with van der Waals surface area (Å²) < 4.78 is 23.5. The molecule has 0 spiro atoms. The van der Waals surface area contributed by atoms with Gasteiger partial charge >= 0.3 is 0 Å². The lowest BCUT2D eigenvalue weighted by Crippen LogP contribution is -2.39. The molecule has 3 rings (SSSR count). The van der Waals surface area contributed by atoms with Crippen LogP contribution in [0.25, 0.3) is 11.5 Å². The molecule has 1 atom stereocenters. The van der Waals surface area contributed by atoms with Crippen molar-refractivity contribution < 1.29 is 13.7 Å². The van der Waals surface area contributed by atoms with E-state index in [0.29, 0.717) is 30.4 Å². The van der Waals surface area contributed by atoms with Gasteiger partial charge in [-0.25, -0.2) is 9.37 Å². The number of hydrogen-bond acceptors (Lipinski definition) is 6. The van der Waals surface area contributed by atoms with Crippen LogP contribution in [0.15, 0.2) is 22.9 Å². The highest BCUT2D eigenvalue weighted by Gasteiger charge is 2.18. The molecule has 2 aromatic rings. The normalized spacial score (nSPS) is 19.5. The molecule has 1 N–H and O–H groups in total. The van der Waals surface area contributed by atoms with Crippen molar-refractivity contribution in [1.82, 2.24) is 20.4 Å². The molecule has 0 aromatic carbocycles. The summed E-state index contributed by atoms with van der Waals surface area (Å²) in [5, 5.41) is 7.07. The van der Waals surface area contributed by atoms with E-state index in [1.54, 1.807) is 0 Å². The van der Waals surface area contributed by atoms with Gasteiger partial charge in [-0.3, -0.25) is 0 Å². The molecule has 1 fully saturated rings. The van der Waals surface area contributed by atoms with Gasteiger partial charge in [0.1, 0.15) is 11.5 Å². The van der Waals surface area contributed by atoms with Gasteiger partial charge in [-0.05, 0) is 12.1 Å². The molecule has 0 saturated carbocycles. The van der Waals surface area contributed by atoms with Crippen LogP contribution in [-0.4, -0.2) is 40.9 Å². The molecule has 1 aliphatic rings. The molecule has 0 radical (unpaired) electrons. The van der Waals surface area contributed by atoms with Crippen molar-refractivity contribution in [3.63, 3.8) is 0 Å². The smallest absolute Gasteiger partial charge is 0.229 e. The van der Waals surface area contributed by atoms with Gasteiger partial charge in [-0.15, -0.1) is 0 Å². The number of aromatic nitrogens is 3. The van der Waals surface area contributed by atoms with Crippen molar-refractivity contribution in [2.45, 2.75) is 12.5 Å². The number of halogens is 1. The average Bonchev–Trinajstić information content (AvgIpc) is 2.89. The maximum absolute atomic E-state index is 12.8. The Morgan fingerprint density at radius 1 is 1.42 bits per heavy atom. The van der Waals surface area contributed by atoms with Crippen LogP contribution in [0.2, 0.25) is 0 Å². The first-order valence-electron chi connectivity index (χ1n) is 6.08. The van der Waals surface area contributed by atoms with Crippen LogP contribution in [0, 0.1) is 5.82 Å². The third-order valence-corrected chi connectivity index (χ3v) is 2.83. The summed E-state index contributed by atoms with van der Waals surface area (Å²) in [4.78, 5) is 8.14. The number of rotatable bonds is 3. The molecule has 1 saturated heterocycles. The Balaban J connectivity index is 1.70. The summed E-state index contributed by atoms with van der Waals surface area (Å²) in [7, 11) is 0. The molecule has 0 amide bonds. The van der Waals surface area contributed by atoms with Gasteiger partial charge < -0.3 is 14.6 Å². The third kappa shape index (κ3) is 2.94. The van der Waals surface area contributed by atoms with E-state index in [2.05, 4.69) is 20.4 Å². The van der Waals surface area contributed by atoms with Gasteiger partial charge in [0.2, 0.25) is 11.7 Å². The minimum absolute atomic E-state index is 0.0447. The molecule has 3 heterocycles. The Hall–Kier alpha value is -1.86. The fourth-order valence-corrected chi connectivity index (χ4v) is 1.90. The zero-order valence-electron chi connectivity index (χ0n) is 10.2. The minimum Gasteiger partial charge on any atom is -0.375 e. The first-order chi connectivity index (χ1) is 9.31. The maximum atomic E-state index is 12.8. The molecular formula is C12H13FN4O2. The summed E-state index contributed by atoms with van der Waals surface area (Å²) in [6, 6.07) is 2.83. The van der Waals surface area contributed by atoms with Crippen molar-refractivity contribution in [2.75, 3.05) is 19.7 Å². The minimum atomic E-state index is -0.394. The maximum Gasteiger partial charge on any atom is 0.229 e. The fourth-order valence-electron chi connectivity index (χ4n) is 1.90. The Bertz CT molecular complexity index is 537. The van der Waals surface area contributed by atoms with Crippen molar-refractivity contribution in [3.8, 4) is 11.5 Å². The highest BCUT2D eigenvalue weighted by molar-refractivity contribution is 5.47. The number of pyridine rings is 1. The largest absolute Gasteiger partial charge is 0.375 e. The van der Waals surface area contributed by atoms with Crippen LogP contribution in [0.4, 0.5) is 4.39 Å². The Morgan fingerprint density at radius 3 is 3.11 bits per heavy atom. The molecule has 1 unspecified atom stereocenters. The fraction of sp³-hybridized carbons (Fsp3) is 0.417. The van der Waals surface area contributed by atoms with E-state index in [1.165, 1.54) is 12.1 Å². The summed E-state index contributed by atoms with van der Waals surface area (Å²) >= 11 is 0. The Kier molecular flexibility index (Phi) is 3.47. The Labute approximate surface area is 109 Å². The zero-order valence-corrected chi connectivity index (χ0v) is 10.2. The van der Waals surface area contributed by atoms with Crippen LogP contribution in [0.3, 0.4) is 0 Å². The lowest BCUT2D eigenvalue weighted by molar-refractivity contribution is 0.0246. The molecule has 1 aliphatic heterocycles. The topological polar surface area (TPSA) is 73.1 Å². The number of hydrogen-bond donors (Lipinski definition) is 1. The molecular weight excluding hydrogens is 251 g/mol. The van der Waals surface area contributed by atoms with Gasteiger partial charge in [0.25, 0.3) is 0 Å². The zero-order chi connectivity index (χ0) is 13.1. The van der Waals surface area contributed by atoms with E-state index >= 15 is 0 Å². The van der Waals surface area contributed by atoms with E-state index in [-0.39, 0.29) is 6.10 Å². The van der Waals surface area contributed by atoms with Crippen LogP contribution < -0.4 is 5.32 Å². The molecule has 19 heavy (non-hydrogen) atoms. The van der Waals surface area contributed by atoms with E-state index in [0.717, 1.165) is 19.3 Å². The SMILES string of the molecule is Fc1ccc(-c2noc(CC3CNCCO3)n2)nc1. The molecule has 100 valence electrons. The van der Waals surface area contributed by atoms with Gasteiger partial charge in [-0.1, -0.05) is 5.16 Å². The quantitative estimate of drug-likeness (QED) is 0.884. The van der Waals surface area contributed by atoms with E-state index in [4.69, 9.17) is 9.26 Å². The van der Waals surface area contributed by atoms with Crippen molar-refractivity contribution >= 4 is 0 Å². The lowest BCUT2D eigenvalue weighted by atomic mass is 10.2. The predicted molar refractivity (Wildman–Crippen MR) is 63.8 cm³/mol. The van der Waals surface area contributed by atoms with Crippen LogP contribution in [-0.2, 0) is 11.2 Å². The number of morpholine rings is 1. The van der Waals surface area contributed by atoms with Gasteiger partial charge in [0.05, 0.1) is 25.3 Å². The number of nitrogens with zero attached hydrogens (tertiary/aromatic N) is 3. The van der Waals surface area contributed by atoms with Crippen molar-refractivity contribution in [1.29, 1.82) is 0 Å². The first-order valence-corrected chi connectivity index (χ1v) is 6.08. The monoisotopic (exact) mass is 264 g/mol. The summed E-state index contributed by atoms with van der Waals surface area (Å²) in [6.07, 6.45) is 1.73. The van der Waals surface area contributed by atoms with Gasteiger partial charge in [0, 0.05) is 13.1 Å². The third-order valence-electron chi connectivity index (χ3n) is 2.83. The first kappa shape index (κ1) is 12.2. The lowest BCUT2D eigenvalue weighted by Gasteiger charge is -2.21. The molecule has 2 aromatic heterocycles. The predicted octanol–water partition coefficient (Wildman–Crippen LogP) is 0.802. The van der Waals surface area contributed by atoms with Crippen LogP contribution in [0.1, 0.15) is 5.89 Å². The summed E-state index contributed by atoms with van der Waals surface area (Å²) in [5.74, 6) is 0.461. The molecule has 7 heteroatoms. The van der Waals surface area contributed by atoms with Gasteiger partial charge in [0.15, 0.2) is 0 Å². The highest BCUT2D eigenvalue weighted by Crippen LogP contribution is 2.14. The van der Waals surface area contributed by atoms with E-state index < -0.39 is 5.82 Å². The second-order valence-corrected chi connectivity index (χ2v) is 4.27. The van der Waals surface area contributed by atoms with Crippen molar-refractivity contribution in [3.05, 3.63) is 30.0 Å². The highest BCUT2D eigenvalue weighted by atomic mass is 19.1. The van der Waals surface area contributed by atoms with E-state index in [1.807, 2.05) is 0 Å².